The number of rotatable bonds is 9. The van der Waals surface area contributed by atoms with Gasteiger partial charge in [0.15, 0.2) is 17.5 Å². The number of benzene rings is 9. The highest BCUT2D eigenvalue weighted by Crippen LogP contribution is 2.44. The van der Waals surface area contributed by atoms with Crippen LogP contribution in [0.3, 0.4) is 0 Å². The van der Waals surface area contributed by atoms with Crippen molar-refractivity contribution in [1.82, 2.24) is 15.0 Å². The van der Waals surface area contributed by atoms with E-state index in [4.69, 9.17) is 15.0 Å². The van der Waals surface area contributed by atoms with E-state index in [1.54, 1.807) is 0 Å². The van der Waals surface area contributed by atoms with E-state index in [9.17, 15) is 0 Å². The Hall–Kier alpha value is -7.95. The summed E-state index contributed by atoms with van der Waals surface area (Å²) in [7, 11) is 0. The maximum Gasteiger partial charge on any atom is 0.164 e. The second kappa shape index (κ2) is 16.4. The molecule has 0 aliphatic heterocycles. The molecule has 0 unspecified atom stereocenters. The van der Waals surface area contributed by atoms with Crippen molar-refractivity contribution in [3.63, 3.8) is 0 Å². The largest absolute Gasteiger partial charge is 0.310 e. The highest BCUT2D eigenvalue weighted by molar-refractivity contribution is 6.06. The summed E-state index contributed by atoms with van der Waals surface area (Å²) in [6.45, 7) is 4.46. The zero-order valence-corrected chi connectivity index (χ0v) is 34.1. The predicted molar refractivity (Wildman–Crippen MR) is 254 cm³/mol. The monoisotopic (exact) mass is 782 g/mol. The van der Waals surface area contributed by atoms with Crippen LogP contribution in [0.5, 0.6) is 0 Å². The first kappa shape index (κ1) is 37.3. The first-order chi connectivity index (χ1) is 30.1. The Morgan fingerprint density at radius 3 is 1.23 bits per heavy atom. The summed E-state index contributed by atoms with van der Waals surface area (Å²) < 4.78 is 0. The van der Waals surface area contributed by atoms with Gasteiger partial charge in [0.05, 0.1) is 0 Å². The molecule has 4 heteroatoms. The highest BCUT2D eigenvalue weighted by Gasteiger charge is 2.22. The average Bonchev–Trinajstić information content (AvgIpc) is 3.33. The predicted octanol–water partition coefficient (Wildman–Crippen LogP) is 15.1. The minimum Gasteiger partial charge on any atom is -0.310 e. The van der Waals surface area contributed by atoms with Crippen LogP contribution in [0.4, 0.5) is 17.1 Å². The van der Waals surface area contributed by atoms with Crippen LogP contribution >= 0.6 is 0 Å². The molecule has 61 heavy (non-hydrogen) atoms. The van der Waals surface area contributed by atoms with Crippen LogP contribution in [0, 0.1) is 13.8 Å². The van der Waals surface area contributed by atoms with E-state index >= 15 is 0 Å². The molecule has 0 fully saturated rings. The van der Waals surface area contributed by atoms with Crippen molar-refractivity contribution >= 4 is 27.8 Å². The number of aryl methyl sites for hydroxylation is 1. The summed E-state index contributed by atoms with van der Waals surface area (Å²) in [6.07, 6.45) is 0. The number of anilines is 3. The van der Waals surface area contributed by atoms with Gasteiger partial charge in [0.25, 0.3) is 0 Å². The summed E-state index contributed by atoms with van der Waals surface area (Å²) >= 11 is 0. The van der Waals surface area contributed by atoms with E-state index in [0.717, 1.165) is 50.1 Å². The molecule has 0 spiro atoms. The van der Waals surface area contributed by atoms with Crippen molar-refractivity contribution in [3.8, 4) is 67.5 Å². The lowest BCUT2D eigenvalue weighted by Crippen LogP contribution is -2.12. The lowest BCUT2D eigenvalue weighted by Gasteiger charge is -2.29. The zero-order valence-electron chi connectivity index (χ0n) is 34.1. The molecule has 290 valence electrons. The van der Waals surface area contributed by atoms with Crippen LogP contribution in [0.15, 0.2) is 218 Å². The second-order valence-corrected chi connectivity index (χ2v) is 15.3. The van der Waals surface area contributed by atoms with Crippen molar-refractivity contribution < 1.29 is 0 Å². The quantitative estimate of drug-likeness (QED) is 0.146. The normalized spacial score (nSPS) is 11.1. The molecule has 0 bridgehead atoms. The van der Waals surface area contributed by atoms with Crippen molar-refractivity contribution in [3.05, 3.63) is 230 Å². The van der Waals surface area contributed by atoms with Gasteiger partial charge in [0.1, 0.15) is 0 Å². The zero-order chi connectivity index (χ0) is 41.1. The molecule has 9 aromatic carbocycles. The standard InChI is InChI=1S/C57H42N4/c1-39-38-52(57-59-55(45-22-11-5-12-23-45)58-56(60-57)46-24-13-6-14-25-46)50-26-15-16-27-51(50)54(39)49-28-17-29-53(40(49)2)61(47-34-30-43(31-35-47)41-18-7-3-8-19-41)48-36-32-44(33-37-48)42-20-9-4-10-21-42/h3-38H,1-2H3. The Morgan fingerprint density at radius 2 is 0.738 bits per heavy atom. The van der Waals surface area contributed by atoms with Gasteiger partial charge in [-0.2, -0.15) is 0 Å². The Labute approximate surface area is 357 Å². The molecule has 4 nitrogen and oxygen atoms in total. The van der Waals surface area contributed by atoms with Gasteiger partial charge in [-0.05, 0) is 106 Å². The van der Waals surface area contributed by atoms with Crippen LogP contribution in [-0.4, -0.2) is 15.0 Å². The molecule has 10 rings (SSSR count). The molecule has 10 aromatic rings. The third-order valence-electron chi connectivity index (χ3n) is 11.5. The van der Waals surface area contributed by atoms with Gasteiger partial charge >= 0.3 is 0 Å². The van der Waals surface area contributed by atoms with Crippen LogP contribution in [0.1, 0.15) is 11.1 Å². The lowest BCUT2D eigenvalue weighted by molar-refractivity contribution is 1.08. The Balaban J connectivity index is 1.12. The van der Waals surface area contributed by atoms with Crippen LogP contribution in [0.2, 0.25) is 0 Å². The van der Waals surface area contributed by atoms with E-state index in [-0.39, 0.29) is 0 Å². The Morgan fingerprint density at radius 1 is 0.328 bits per heavy atom. The van der Waals surface area contributed by atoms with Gasteiger partial charge in [0.2, 0.25) is 0 Å². The number of fused-ring (bicyclic) bond motifs is 1. The van der Waals surface area contributed by atoms with Crippen LogP contribution in [0.25, 0.3) is 78.3 Å². The Bertz CT molecular complexity index is 2970. The molecule has 0 aliphatic carbocycles. The van der Waals surface area contributed by atoms with E-state index < -0.39 is 0 Å². The number of hydrogen-bond acceptors (Lipinski definition) is 4. The van der Waals surface area contributed by atoms with Crippen LogP contribution < -0.4 is 4.90 Å². The molecule has 0 atom stereocenters. The summed E-state index contributed by atoms with van der Waals surface area (Å²) in [5.74, 6) is 1.94. The summed E-state index contributed by atoms with van der Waals surface area (Å²) in [5, 5.41) is 2.23. The van der Waals surface area contributed by atoms with Gasteiger partial charge < -0.3 is 4.90 Å². The molecule has 0 radical (unpaired) electrons. The van der Waals surface area contributed by atoms with Gasteiger partial charge in [-0.1, -0.05) is 182 Å². The molecular weight excluding hydrogens is 741 g/mol. The third-order valence-corrected chi connectivity index (χ3v) is 11.5. The molecule has 0 N–H and O–H groups in total. The highest BCUT2D eigenvalue weighted by atomic mass is 15.1. The summed E-state index contributed by atoms with van der Waals surface area (Å²) in [4.78, 5) is 17.6. The topological polar surface area (TPSA) is 41.9 Å². The van der Waals surface area contributed by atoms with Crippen LogP contribution in [-0.2, 0) is 0 Å². The number of nitrogens with zero attached hydrogens (tertiary/aromatic N) is 4. The number of aromatic nitrogens is 3. The summed E-state index contributed by atoms with van der Waals surface area (Å²) in [6, 6.07) is 76.8. The lowest BCUT2D eigenvalue weighted by atomic mass is 9.88. The first-order valence-electron chi connectivity index (χ1n) is 20.7. The van der Waals surface area contributed by atoms with Gasteiger partial charge in [-0.3, -0.25) is 0 Å². The fourth-order valence-corrected chi connectivity index (χ4v) is 8.42. The smallest absolute Gasteiger partial charge is 0.164 e. The van der Waals surface area contributed by atoms with Gasteiger partial charge in [-0.15, -0.1) is 0 Å². The molecule has 0 amide bonds. The van der Waals surface area contributed by atoms with E-state index in [1.165, 1.54) is 38.9 Å². The minimum absolute atomic E-state index is 0.646. The number of hydrogen-bond donors (Lipinski definition) is 0. The minimum atomic E-state index is 0.646. The molecule has 1 heterocycles. The molecule has 0 saturated carbocycles. The fourth-order valence-electron chi connectivity index (χ4n) is 8.42. The second-order valence-electron chi connectivity index (χ2n) is 15.3. The van der Waals surface area contributed by atoms with Gasteiger partial charge in [-0.25, -0.2) is 15.0 Å². The molecular formula is C57H42N4. The van der Waals surface area contributed by atoms with Crippen molar-refractivity contribution in [2.75, 3.05) is 4.90 Å². The molecule has 1 aromatic heterocycles. The molecule has 0 aliphatic rings. The van der Waals surface area contributed by atoms with E-state index in [1.807, 2.05) is 36.4 Å². The first-order valence-corrected chi connectivity index (χ1v) is 20.7. The van der Waals surface area contributed by atoms with E-state index in [0.29, 0.717) is 17.5 Å². The Kier molecular flexibility index (Phi) is 10.0. The fraction of sp³-hybridized carbons (Fsp3) is 0.0351. The van der Waals surface area contributed by atoms with Crippen molar-refractivity contribution in [2.45, 2.75) is 13.8 Å². The maximum atomic E-state index is 5.14. The molecule has 0 saturated heterocycles. The van der Waals surface area contributed by atoms with E-state index in [2.05, 4.69) is 201 Å². The maximum absolute atomic E-state index is 5.14. The summed E-state index contributed by atoms with van der Waals surface area (Å²) in [5.41, 5.74) is 15.6. The van der Waals surface area contributed by atoms with Crippen molar-refractivity contribution in [2.24, 2.45) is 0 Å². The average molecular weight is 783 g/mol. The third kappa shape index (κ3) is 7.37. The van der Waals surface area contributed by atoms with Gasteiger partial charge in [0, 0.05) is 33.8 Å². The van der Waals surface area contributed by atoms with Crippen molar-refractivity contribution in [1.29, 1.82) is 0 Å². The SMILES string of the molecule is Cc1cc(-c2nc(-c3ccccc3)nc(-c3ccccc3)n2)c2ccccc2c1-c1cccc(N(c2ccc(-c3ccccc3)cc2)c2ccc(-c3ccccc3)cc2)c1C.